The molecule has 0 bridgehead atoms. The van der Waals surface area contributed by atoms with E-state index in [2.05, 4.69) is 4.98 Å². The third-order valence-corrected chi connectivity index (χ3v) is 2.90. The predicted molar refractivity (Wildman–Crippen MR) is 63.5 cm³/mol. The van der Waals surface area contributed by atoms with Crippen molar-refractivity contribution in [3.63, 3.8) is 0 Å². The van der Waals surface area contributed by atoms with Gasteiger partial charge in [0.05, 0.1) is 11.2 Å². The zero-order chi connectivity index (χ0) is 12.3. The van der Waals surface area contributed by atoms with Crippen molar-refractivity contribution >= 4 is 17.3 Å². The minimum atomic E-state index is -0.885. The van der Waals surface area contributed by atoms with Gasteiger partial charge in [0, 0.05) is 17.4 Å². The van der Waals surface area contributed by atoms with Crippen LogP contribution in [0.2, 0.25) is 0 Å². The van der Waals surface area contributed by atoms with Crippen molar-refractivity contribution in [2.45, 2.75) is 12.8 Å². The van der Waals surface area contributed by atoms with Gasteiger partial charge in [-0.2, -0.15) is 0 Å². The van der Waals surface area contributed by atoms with Crippen molar-refractivity contribution in [1.82, 2.24) is 4.98 Å². The highest BCUT2D eigenvalue weighted by Crippen LogP contribution is 2.22. The summed E-state index contributed by atoms with van der Waals surface area (Å²) < 4.78 is 13.4. The number of rotatable bonds is 4. The Hall–Kier alpha value is -1.75. The third kappa shape index (κ3) is 3.10. The van der Waals surface area contributed by atoms with Crippen LogP contribution in [-0.2, 0) is 11.2 Å². The lowest BCUT2D eigenvalue weighted by atomic mass is 10.0. The number of carbonyl (C=O) groups is 1. The fourth-order valence-electron chi connectivity index (χ4n) is 1.55. The molecule has 0 saturated carbocycles. The Labute approximate surface area is 102 Å². The number of benzene rings is 1. The van der Waals surface area contributed by atoms with E-state index in [9.17, 15) is 9.18 Å². The fourth-order valence-corrected chi connectivity index (χ4v) is 2.11. The first kappa shape index (κ1) is 11.7. The first-order valence-electron chi connectivity index (χ1n) is 5.05. The molecule has 0 aliphatic carbocycles. The maximum atomic E-state index is 13.4. The van der Waals surface area contributed by atoms with Crippen molar-refractivity contribution in [3.8, 4) is 11.3 Å². The van der Waals surface area contributed by atoms with Crippen LogP contribution in [0.3, 0.4) is 0 Å². The van der Waals surface area contributed by atoms with E-state index in [4.69, 9.17) is 5.11 Å². The maximum Gasteiger partial charge on any atom is 0.303 e. The van der Waals surface area contributed by atoms with Crippen molar-refractivity contribution in [1.29, 1.82) is 0 Å². The molecule has 1 aromatic heterocycles. The summed E-state index contributed by atoms with van der Waals surface area (Å²) in [5.74, 6) is -1.25. The van der Waals surface area contributed by atoms with E-state index in [0.29, 0.717) is 23.2 Å². The zero-order valence-electron chi connectivity index (χ0n) is 8.89. The highest BCUT2D eigenvalue weighted by atomic mass is 32.1. The molecule has 17 heavy (non-hydrogen) atoms. The van der Waals surface area contributed by atoms with E-state index in [-0.39, 0.29) is 12.2 Å². The Morgan fingerprint density at radius 2 is 2.24 bits per heavy atom. The van der Waals surface area contributed by atoms with E-state index in [0.717, 1.165) is 0 Å². The molecule has 0 aliphatic heterocycles. The van der Waals surface area contributed by atoms with Gasteiger partial charge >= 0.3 is 5.97 Å². The average molecular weight is 251 g/mol. The van der Waals surface area contributed by atoms with Crippen LogP contribution in [-0.4, -0.2) is 16.1 Å². The Bertz CT molecular complexity index is 525. The molecule has 0 radical (unpaired) electrons. The molecule has 0 unspecified atom stereocenters. The van der Waals surface area contributed by atoms with Gasteiger partial charge in [-0.05, 0) is 30.2 Å². The Kier molecular flexibility index (Phi) is 3.49. The summed E-state index contributed by atoms with van der Waals surface area (Å²) >= 11 is 1.44. The van der Waals surface area contributed by atoms with E-state index in [1.54, 1.807) is 11.6 Å². The number of hydrogen-bond acceptors (Lipinski definition) is 3. The van der Waals surface area contributed by atoms with E-state index in [1.807, 2.05) is 5.38 Å². The van der Waals surface area contributed by atoms with Crippen LogP contribution in [0.25, 0.3) is 11.3 Å². The molecule has 0 spiro atoms. The second kappa shape index (κ2) is 5.05. The molecule has 0 atom stereocenters. The van der Waals surface area contributed by atoms with E-state index >= 15 is 0 Å². The lowest BCUT2D eigenvalue weighted by Gasteiger charge is -2.03. The van der Waals surface area contributed by atoms with Crippen LogP contribution in [0.4, 0.5) is 4.39 Å². The smallest absolute Gasteiger partial charge is 0.303 e. The third-order valence-electron chi connectivity index (χ3n) is 2.31. The van der Waals surface area contributed by atoms with Gasteiger partial charge in [-0.3, -0.25) is 4.79 Å². The first-order chi connectivity index (χ1) is 8.15. The summed E-state index contributed by atoms with van der Waals surface area (Å²) in [5.41, 5.74) is 3.75. The van der Waals surface area contributed by atoms with Gasteiger partial charge in [0.2, 0.25) is 0 Å². The molecule has 2 rings (SSSR count). The van der Waals surface area contributed by atoms with Gasteiger partial charge < -0.3 is 5.11 Å². The minimum absolute atomic E-state index is 0.0000409. The molecular weight excluding hydrogens is 241 g/mol. The summed E-state index contributed by atoms with van der Waals surface area (Å²) in [6, 6.07) is 4.54. The number of carboxylic acids is 1. The summed E-state index contributed by atoms with van der Waals surface area (Å²) in [7, 11) is 0. The number of hydrogen-bond donors (Lipinski definition) is 1. The number of carboxylic acid groups (broad SMARTS) is 1. The summed E-state index contributed by atoms with van der Waals surface area (Å²) in [4.78, 5) is 14.6. The molecule has 1 heterocycles. The zero-order valence-corrected chi connectivity index (χ0v) is 9.71. The molecule has 3 nitrogen and oxygen atoms in total. The van der Waals surface area contributed by atoms with Crippen LogP contribution in [0.1, 0.15) is 12.0 Å². The molecule has 1 aromatic carbocycles. The second-order valence-corrected chi connectivity index (χ2v) is 4.33. The van der Waals surface area contributed by atoms with Gasteiger partial charge in [0.15, 0.2) is 0 Å². The molecule has 5 heteroatoms. The van der Waals surface area contributed by atoms with Crippen molar-refractivity contribution in [2.24, 2.45) is 0 Å². The van der Waals surface area contributed by atoms with Gasteiger partial charge in [0.1, 0.15) is 5.82 Å². The van der Waals surface area contributed by atoms with Crippen LogP contribution < -0.4 is 0 Å². The summed E-state index contributed by atoms with van der Waals surface area (Å²) in [5, 5.41) is 10.4. The van der Waals surface area contributed by atoms with Crippen LogP contribution >= 0.6 is 11.3 Å². The molecular formula is C12H10FNO2S. The van der Waals surface area contributed by atoms with Gasteiger partial charge in [-0.15, -0.1) is 11.3 Å². The molecule has 0 saturated heterocycles. The molecule has 0 fully saturated rings. The maximum absolute atomic E-state index is 13.4. The molecule has 2 aromatic rings. The van der Waals surface area contributed by atoms with E-state index in [1.165, 1.54) is 23.5 Å². The lowest BCUT2D eigenvalue weighted by Crippen LogP contribution is -1.98. The number of aliphatic carboxylic acids is 1. The van der Waals surface area contributed by atoms with Crippen molar-refractivity contribution in [3.05, 3.63) is 40.5 Å². The number of halogens is 1. The monoisotopic (exact) mass is 251 g/mol. The first-order valence-corrected chi connectivity index (χ1v) is 5.99. The van der Waals surface area contributed by atoms with Crippen LogP contribution in [0, 0.1) is 5.82 Å². The van der Waals surface area contributed by atoms with Crippen LogP contribution in [0.5, 0.6) is 0 Å². The quantitative estimate of drug-likeness (QED) is 0.908. The predicted octanol–water partition coefficient (Wildman–Crippen LogP) is 2.97. The molecule has 1 N–H and O–H groups in total. The average Bonchev–Trinajstić information content (AvgIpc) is 2.79. The van der Waals surface area contributed by atoms with E-state index < -0.39 is 5.97 Å². The number of aryl methyl sites for hydroxylation is 1. The SMILES string of the molecule is O=C(O)CCc1cc(F)cc(-c2cscn2)c1. The fraction of sp³-hybridized carbons (Fsp3) is 0.167. The van der Waals surface area contributed by atoms with Gasteiger partial charge in [-0.1, -0.05) is 0 Å². The Morgan fingerprint density at radius 1 is 1.41 bits per heavy atom. The minimum Gasteiger partial charge on any atom is -0.481 e. The molecule has 0 amide bonds. The number of thiazole rings is 1. The largest absolute Gasteiger partial charge is 0.481 e. The highest BCUT2D eigenvalue weighted by molar-refractivity contribution is 7.07. The molecule has 88 valence electrons. The summed E-state index contributed by atoms with van der Waals surface area (Å²) in [6.07, 6.45) is 0.324. The normalized spacial score (nSPS) is 10.4. The highest BCUT2D eigenvalue weighted by Gasteiger charge is 2.06. The van der Waals surface area contributed by atoms with Gasteiger partial charge in [0.25, 0.3) is 0 Å². The van der Waals surface area contributed by atoms with Crippen molar-refractivity contribution < 1.29 is 14.3 Å². The molecule has 0 aliphatic rings. The topological polar surface area (TPSA) is 50.2 Å². The standard InChI is InChI=1S/C12H10FNO2S/c13-10-4-8(1-2-12(15)16)3-9(5-10)11-6-17-7-14-11/h3-7H,1-2H2,(H,15,16). The van der Waals surface area contributed by atoms with Gasteiger partial charge in [-0.25, -0.2) is 9.37 Å². The number of aromatic nitrogens is 1. The number of nitrogens with zero attached hydrogens (tertiary/aromatic N) is 1. The second-order valence-electron chi connectivity index (χ2n) is 3.62. The Balaban J connectivity index is 2.26. The Morgan fingerprint density at radius 3 is 2.88 bits per heavy atom. The van der Waals surface area contributed by atoms with Crippen molar-refractivity contribution in [2.75, 3.05) is 0 Å². The lowest BCUT2D eigenvalue weighted by molar-refractivity contribution is -0.136. The van der Waals surface area contributed by atoms with Crippen LogP contribution in [0.15, 0.2) is 29.1 Å². The summed E-state index contributed by atoms with van der Waals surface area (Å²) in [6.45, 7) is 0.